The zero-order valence-corrected chi connectivity index (χ0v) is 15.4. The first kappa shape index (κ1) is 20.3. The summed E-state index contributed by atoms with van der Waals surface area (Å²) in [7, 11) is 0. The Kier molecular flexibility index (Phi) is 5.31. The fourth-order valence-corrected chi connectivity index (χ4v) is 2.79. The summed E-state index contributed by atoms with van der Waals surface area (Å²) in [6.45, 7) is 1.27. The maximum atomic E-state index is 12.3. The minimum absolute atomic E-state index is 0.192. The summed E-state index contributed by atoms with van der Waals surface area (Å²) in [6.07, 6.45) is 0. The fraction of sp³-hybridized carbons (Fsp3) is 0.111. The number of hydrogen-bond acceptors (Lipinski definition) is 8. The van der Waals surface area contributed by atoms with Crippen LogP contribution in [0.3, 0.4) is 0 Å². The molecule has 0 saturated heterocycles. The van der Waals surface area contributed by atoms with Crippen molar-refractivity contribution < 1.29 is 24.2 Å². The van der Waals surface area contributed by atoms with E-state index in [-0.39, 0.29) is 28.9 Å². The normalized spacial score (nSPS) is 13.2. The van der Waals surface area contributed by atoms with E-state index in [0.29, 0.717) is 0 Å². The summed E-state index contributed by atoms with van der Waals surface area (Å²) in [5.74, 6) is -1.92. The maximum absolute atomic E-state index is 12.3. The molecule has 0 fully saturated rings. The first-order valence-electron chi connectivity index (χ1n) is 8.41. The summed E-state index contributed by atoms with van der Waals surface area (Å²) in [5.41, 5.74) is 1.25. The predicted octanol–water partition coefficient (Wildman–Crippen LogP) is 1.90. The van der Waals surface area contributed by atoms with Crippen molar-refractivity contribution in [2.45, 2.75) is 6.92 Å². The monoisotopic (exact) mass is 411 g/mol. The van der Waals surface area contributed by atoms with Gasteiger partial charge in [0.1, 0.15) is 0 Å². The van der Waals surface area contributed by atoms with Crippen LogP contribution >= 0.6 is 0 Å². The number of carbonyl (C=O) groups is 3. The Labute approximate surface area is 168 Å². The van der Waals surface area contributed by atoms with E-state index >= 15 is 0 Å². The number of carbonyl (C=O) groups excluding carboxylic acids is 3. The number of imide groups is 1. The summed E-state index contributed by atoms with van der Waals surface area (Å²) >= 11 is 0. The van der Waals surface area contributed by atoms with Gasteiger partial charge in [0.15, 0.2) is 0 Å². The molecule has 3 amide bonds. The van der Waals surface area contributed by atoms with Gasteiger partial charge in [-0.25, -0.2) is 5.43 Å². The molecular formula is C18H13N5O7. The van der Waals surface area contributed by atoms with Crippen LogP contribution in [0.1, 0.15) is 38.0 Å². The second kappa shape index (κ2) is 7.87. The summed E-state index contributed by atoms with van der Waals surface area (Å²) in [6, 6.07) is 8.79. The highest BCUT2D eigenvalue weighted by Crippen LogP contribution is 2.23. The average molecular weight is 411 g/mol. The lowest BCUT2D eigenvalue weighted by Crippen LogP contribution is -2.35. The molecule has 0 radical (unpaired) electrons. The smallest absolute Gasteiger partial charge is 0.269 e. The number of hydrazone groups is 1. The first-order chi connectivity index (χ1) is 14.2. The van der Waals surface area contributed by atoms with Gasteiger partial charge in [0.05, 0.1) is 44.9 Å². The molecule has 12 heteroatoms. The average Bonchev–Trinajstić information content (AvgIpc) is 2.96. The van der Waals surface area contributed by atoms with Crippen LogP contribution in [-0.2, 0) is 0 Å². The summed E-state index contributed by atoms with van der Waals surface area (Å²) in [5, 5.41) is 25.6. The number of nitrogens with one attached hydrogen (secondary N) is 1. The number of rotatable bonds is 6. The van der Waals surface area contributed by atoms with E-state index in [0.717, 1.165) is 23.1 Å². The molecule has 0 aliphatic carbocycles. The van der Waals surface area contributed by atoms with E-state index in [1.807, 2.05) is 0 Å². The van der Waals surface area contributed by atoms with Gasteiger partial charge in [0.25, 0.3) is 29.1 Å². The van der Waals surface area contributed by atoms with Gasteiger partial charge in [0, 0.05) is 12.1 Å². The summed E-state index contributed by atoms with van der Waals surface area (Å²) < 4.78 is 0. The zero-order valence-electron chi connectivity index (χ0n) is 15.4. The Morgan fingerprint density at radius 1 is 1.00 bits per heavy atom. The predicted molar refractivity (Wildman–Crippen MR) is 102 cm³/mol. The highest BCUT2D eigenvalue weighted by Gasteiger charge is 2.35. The van der Waals surface area contributed by atoms with Crippen LogP contribution in [0.5, 0.6) is 0 Å². The van der Waals surface area contributed by atoms with Gasteiger partial charge in [-0.05, 0) is 19.1 Å². The molecule has 0 bridgehead atoms. The fourth-order valence-electron chi connectivity index (χ4n) is 2.79. The highest BCUT2D eigenvalue weighted by molar-refractivity contribution is 6.22. The molecule has 0 saturated carbocycles. The third-order valence-electron chi connectivity index (χ3n) is 4.20. The van der Waals surface area contributed by atoms with Gasteiger partial charge in [-0.15, -0.1) is 0 Å². The van der Waals surface area contributed by atoms with Gasteiger partial charge in [0.2, 0.25) is 0 Å². The molecule has 152 valence electrons. The standard InChI is InChI=1S/C18H13N5O7/c1-10(9-21-17(25)14-4-2-3-5-15(14)18(21)26)19-20-16(24)11-6-12(22(27)28)8-13(7-11)23(29)30/h2-8H,9H2,1H3,(H,20,24)/b19-10+. The molecule has 1 aliphatic heterocycles. The van der Waals surface area contributed by atoms with Crippen LogP contribution in [0.15, 0.2) is 47.6 Å². The molecule has 0 unspecified atom stereocenters. The number of fused-ring (bicyclic) bond motifs is 1. The lowest BCUT2D eigenvalue weighted by molar-refractivity contribution is -0.394. The van der Waals surface area contributed by atoms with Crippen LogP contribution in [0.2, 0.25) is 0 Å². The Bertz CT molecular complexity index is 1070. The number of nitro benzene ring substituents is 2. The van der Waals surface area contributed by atoms with Crippen molar-refractivity contribution in [1.29, 1.82) is 0 Å². The number of nitro groups is 2. The van der Waals surface area contributed by atoms with Crippen LogP contribution in [-0.4, -0.2) is 44.7 Å². The lowest BCUT2D eigenvalue weighted by Gasteiger charge is -2.13. The Morgan fingerprint density at radius 2 is 1.50 bits per heavy atom. The second-order valence-electron chi connectivity index (χ2n) is 6.28. The molecular weight excluding hydrogens is 398 g/mol. The van der Waals surface area contributed by atoms with Crippen molar-refractivity contribution in [2.24, 2.45) is 5.10 Å². The van der Waals surface area contributed by atoms with Gasteiger partial charge in [-0.1, -0.05) is 12.1 Å². The van der Waals surface area contributed by atoms with Crippen molar-refractivity contribution in [2.75, 3.05) is 6.54 Å². The highest BCUT2D eigenvalue weighted by atomic mass is 16.6. The Balaban J connectivity index is 1.74. The van der Waals surface area contributed by atoms with E-state index in [1.54, 1.807) is 12.1 Å². The van der Waals surface area contributed by atoms with Crippen molar-refractivity contribution in [1.82, 2.24) is 10.3 Å². The number of amides is 3. The molecule has 0 aromatic heterocycles. The second-order valence-corrected chi connectivity index (χ2v) is 6.28. The van der Waals surface area contributed by atoms with Crippen LogP contribution < -0.4 is 5.43 Å². The molecule has 3 rings (SSSR count). The molecule has 1 N–H and O–H groups in total. The van der Waals surface area contributed by atoms with E-state index < -0.39 is 38.9 Å². The van der Waals surface area contributed by atoms with Crippen LogP contribution in [0, 0.1) is 20.2 Å². The van der Waals surface area contributed by atoms with Crippen LogP contribution in [0.25, 0.3) is 0 Å². The van der Waals surface area contributed by atoms with E-state index in [1.165, 1.54) is 19.1 Å². The quantitative estimate of drug-likeness (QED) is 0.328. The number of non-ortho nitro benzene ring substituents is 2. The number of nitrogens with zero attached hydrogens (tertiary/aromatic N) is 4. The van der Waals surface area contributed by atoms with Crippen molar-refractivity contribution >= 4 is 34.8 Å². The molecule has 0 atom stereocenters. The van der Waals surface area contributed by atoms with Gasteiger partial charge >= 0.3 is 0 Å². The lowest BCUT2D eigenvalue weighted by atomic mass is 10.1. The van der Waals surface area contributed by atoms with Crippen LogP contribution in [0.4, 0.5) is 11.4 Å². The molecule has 30 heavy (non-hydrogen) atoms. The van der Waals surface area contributed by atoms with Crippen molar-refractivity contribution in [3.05, 3.63) is 79.4 Å². The first-order valence-corrected chi connectivity index (χ1v) is 8.41. The Morgan fingerprint density at radius 3 is 1.97 bits per heavy atom. The molecule has 2 aromatic carbocycles. The minimum Gasteiger partial charge on any atom is -0.269 e. The third kappa shape index (κ3) is 3.87. The third-order valence-corrected chi connectivity index (χ3v) is 4.20. The largest absolute Gasteiger partial charge is 0.277 e. The molecule has 12 nitrogen and oxygen atoms in total. The molecule has 1 heterocycles. The molecule has 2 aromatic rings. The molecule has 0 spiro atoms. The van der Waals surface area contributed by atoms with E-state index in [4.69, 9.17) is 0 Å². The number of hydrogen-bond donors (Lipinski definition) is 1. The van der Waals surface area contributed by atoms with Gasteiger partial charge in [-0.3, -0.25) is 39.5 Å². The van der Waals surface area contributed by atoms with Gasteiger partial charge in [-0.2, -0.15) is 5.10 Å². The van der Waals surface area contributed by atoms with E-state index in [2.05, 4.69) is 10.5 Å². The summed E-state index contributed by atoms with van der Waals surface area (Å²) in [4.78, 5) is 58.0. The SMILES string of the molecule is C/C(CN1C(=O)c2ccccc2C1=O)=N\NC(=O)c1cc([N+](=O)[O-])cc([N+](=O)[O-])c1. The Hall–Kier alpha value is -4.48. The van der Waals surface area contributed by atoms with Crippen molar-refractivity contribution in [3.63, 3.8) is 0 Å². The number of benzene rings is 2. The minimum atomic E-state index is -0.927. The van der Waals surface area contributed by atoms with Crippen molar-refractivity contribution in [3.8, 4) is 0 Å². The zero-order chi connectivity index (χ0) is 22.0. The maximum Gasteiger partial charge on any atom is 0.277 e. The molecule has 1 aliphatic rings. The topological polar surface area (TPSA) is 165 Å². The van der Waals surface area contributed by atoms with Gasteiger partial charge < -0.3 is 0 Å². The van der Waals surface area contributed by atoms with E-state index in [9.17, 15) is 34.6 Å².